The highest BCUT2D eigenvalue weighted by molar-refractivity contribution is 5.58. The molecule has 0 aliphatic carbocycles. The number of anilines is 4. The fraction of sp³-hybridized carbons (Fsp3) is 0.296. The summed E-state index contributed by atoms with van der Waals surface area (Å²) in [4.78, 5) is 27.0. The van der Waals surface area contributed by atoms with Crippen molar-refractivity contribution in [3.63, 3.8) is 0 Å². The molecule has 10 nitrogen and oxygen atoms in total. The van der Waals surface area contributed by atoms with Crippen LogP contribution in [0.25, 0.3) is 0 Å². The average molecular weight is 496 g/mol. The van der Waals surface area contributed by atoms with Crippen molar-refractivity contribution in [2.75, 3.05) is 54.4 Å². The molecule has 4 heterocycles. The van der Waals surface area contributed by atoms with E-state index in [1.807, 2.05) is 30.6 Å². The number of nitrogens with zero attached hydrogens (tertiary/aromatic N) is 7. The monoisotopic (exact) mass is 495 g/mol. The lowest BCUT2D eigenvalue weighted by Gasteiger charge is -2.34. The smallest absolute Gasteiger partial charge is 0.231 e. The Hall–Kier alpha value is -4.31. The molecule has 2 aromatic carbocycles. The average Bonchev–Trinajstić information content (AvgIpc) is 3.20. The second-order valence-electron chi connectivity index (χ2n) is 9.11. The van der Waals surface area contributed by atoms with Gasteiger partial charge in [0.25, 0.3) is 0 Å². The quantitative estimate of drug-likeness (QED) is 0.415. The molecule has 2 aliphatic rings. The van der Waals surface area contributed by atoms with Crippen LogP contribution in [0.15, 0.2) is 67.3 Å². The van der Waals surface area contributed by atoms with E-state index < -0.39 is 0 Å². The molecule has 6 rings (SSSR count). The first-order valence-corrected chi connectivity index (χ1v) is 12.6. The molecule has 2 N–H and O–H groups in total. The predicted octanol–water partition coefficient (Wildman–Crippen LogP) is 2.80. The van der Waals surface area contributed by atoms with Gasteiger partial charge in [0, 0.05) is 69.3 Å². The number of nitrogens with one attached hydrogen (secondary N) is 2. The van der Waals surface area contributed by atoms with Gasteiger partial charge in [-0.3, -0.25) is 0 Å². The zero-order valence-corrected chi connectivity index (χ0v) is 20.5. The van der Waals surface area contributed by atoms with E-state index in [9.17, 15) is 0 Å². The van der Waals surface area contributed by atoms with Crippen LogP contribution in [0.2, 0.25) is 0 Å². The van der Waals surface area contributed by atoms with Crippen LogP contribution in [0.5, 0.6) is 5.75 Å². The normalized spacial score (nSPS) is 15.5. The van der Waals surface area contributed by atoms with Crippen LogP contribution in [0, 0.1) is 0 Å². The van der Waals surface area contributed by atoms with Crippen molar-refractivity contribution in [2.45, 2.75) is 13.0 Å². The van der Waals surface area contributed by atoms with Gasteiger partial charge < -0.3 is 25.2 Å². The summed E-state index contributed by atoms with van der Waals surface area (Å²) in [7, 11) is 0. The fourth-order valence-corrected chi connectivity index (χ4v) is 4.56. The van der Waals surface area contributed by atoms with E-state index in [1.54, 1.807) is 6.33 Å². The third-order valence-electron chi connectivity index (χ3n) is 6.52. The standard InChI is InChI=1S/C27H29N9O/c1-2-4-20(5-3-1)14-21-16-29-26(30-17-21)35-9-11-36(12-10-35)27-32-19-31-25(34-27)33-23-6-7-24-22(15-23)18-28-8-13-37-24/h1-7,15-17,19,28H,8-14,18H2,(H,31,32,33,34). The minimum atomic E-state index is 0.521. The summed E-state index contributed by atoms with van der Waals surface area (Å²) in [5.41, 5.74) is 4.40. The first-order valence-electron chi connectivity index (χ1n) is 12.6. The number of fused-ring (bicyclic) bond motifs is 1. The largest absolute Gasteiger partial charge is 0.492 e. The van der Waals surface area contributed by atoms with Crippen LogP contribution in [0.1, 0.15) is 16.7 Å². The molecule has 2 aromatic heterocycles. The second kappa shape index (κ2) is 10.8. The van der Waals surface area contributed by atoms with E-state index >= 15 is 0 Å². The maximum atomic E-state index is 5.77. The van der Waals surface area contributed by atoms with Crippen molar-refractivity contribution in [1.29, 1.82) is 0 Å². The van der Waals surface area contributed by atoms with Crippen LogP contribution >= 0.6 is 0 Å². The summed E-state index contributed by atoms with van der Waals surface area (Å²) < 4.78 is 5.77. The van der Waals surface area contributed by atoms with E-state index in [-0.39, 0.29) is 0 Å². The molecular formula is C27H29N9O. The Bertz CT molecular complexity index is 1330. The van der Waals surface area contributed by atoms with Gasteiger partial charge in [-0.05, 0) is 29.3 Å². The zero-order chi connectivity index (χ0) is 24.9. The molecule has 10 heteroatoms. The number of rotatable bonds is 6. The Morgan fingerprint density at radius 3 is 2.43 bits per heavy atom. The van der Waals surface area contributed by atoms with Gasteiger partial charge in [0.2, 0.25) is 17.8 Å². The number of benzene rings is 2. The molecular weight excluding hydrogens is 466 g/mol. The highest BCUT2D eigenvalue weighted by Gasteiger charge is 2.21. The van der Waals surface area contributed by atoms with Gasteiger partial charge in [-0.25, -0.2) is 19.9 Å². The third kappa shape index (κ3) is 5.59. The number of piperazine rings is 1. The summed E-state index contributed by atoms with van der Waals surface area (Å²) in [5, 5.41) is 6.67. The molecule has 1 saturated heterocycles. The van der Waals surface area contributed by atoms with E-state index in [2.05, 4.69) is 75.7 Å². The Labute approximate surface area is 215 Å². The van der Waals surface area contributed by atoms with Crippen LogP contribution in [-0.4, -0.2) is 64.3 Å². The van der Waals surface area contributed by atoms with Crippen molar-refractivity contribution in [3.05, 3.63) is 83.9 Å². The van der Waals surface area contributed by atoms with Gasteiger partial charge in [-0.15, -0.1) is 0 Å². The molecule has 0 unspecified atom stereocenters. The van der Waals surface area contributed by atoms with Crippen molar-refractivity contribution in [1.82, 2.24) is 30.2 Å². The first kappa shape index (κ1) is 23.1. The van der Waals surface area contributed by atoms with Crippen molar-refractivity contribution in [3.8, 4) is 5.75 Å². The lowest BCUT2D eigenvalue weighted by Crippen LogP contribution is -2.47. The Balaban J connectivity index is 1.06. The van der Waals surface area contributed by atoms with Gasteiger partial charge in [-0.1, -0.05) is 30.3 Å². The summed E-state index contributed by atoms with van der Waals surface area (Å²) in [6.07, 6.45) is 6.24. The summed E-state index contributed by atoms with van der Waals surface area (Å²) in [6, 6.07) is 16.4. The topological polar surface area (TPSA) is 104 Å². The summed E-state index contributed by atoms with van der Waals surface area (Å²) in [5.74, 6) is 2.86. The second-order valence-corrected chi connectivity index (χ2v) is 9.11. The van der Waals surface area contributed by atoms with Crippen LogP contribution in [-0.2, 0) is 13.0 Å². The Morgan fingerprint density at radius 2 is 1.62 bits per heavy atom. The lowest BCUT2D eigenvalue weighted by molar-refractivity contribution is 0.326. The van der Waals surface area contributed by atoms with E-state index in [4.69, 9.17) is 4.74 Å². The molecule has 37 heavy (non-hydrogen) atoms. The molecule has 4 aromatic rings. The number of hydrogen-bond donors (Lipinski definition) is 2. The fourth-order valence-electron chi connectivity index (χ4n) is 4.56. The van der Waals surface area contributed by atoms with Crippen LogP contribution < -0.4 is 25.2 Å². The molecule has 1 fully saturated rings. The minimum absolute atomic E-state index is 0.521. The lowest BCUT2D eigenvalue weighted by atomic mass is 10.1. The summed E-state index contributed by atoms with van der Waals surface area (Å²) in [6.45, 7) is 5.44. The molecule has 188 valence electrons. The molecule has 0 atom stereocenters. The molecule has 0 amide bonds. The molecule has 0 radical (unpaired) electrons. The maximum absolute atomic E-state index is 5.77. The van der Waals surface area contributed by atoms with Gasteiger partial charge >= 0.3 is 0 Å². The van der Waals surface area contributed by atoms with Gasteiger partial charge in [-0.2, -0.15) is 4.98 Å². The van der Waals surface area contributed by atoms with E-state index in [1.165, 1.54) is 5.56 Å². The number of aromatic nitrogens is 5. The minimum Gasteiger partial charge on any atom is -0.492 e. The van der Waals surface area contributed by atoms with Crippen molar-refractivity contribution in [2.24, 2.45) is 0 Å². The third-order valence-corrected chi connectivity index (χ3v) is 6.52. The molecule has 0 saturated carbocycles. The van der Waals surface area contributed by atoms with Crippen LogP contribution in [0.4, 0.5) is 23.5 Å². The van der Waals surface area contributed by atoms with Gasteiger partial charge in [0.05, 0.1) is 0 Å². The molecule has 0 bridgehead atoms. The highest BCUT2D eigenvalue weighted by atomic mass is 16.5. The van der Waals surface area contributed by atoms with Gasteiger partial charge in [0.1, 0.15) is 18.7 Å². The maximum Gasteiger partial charge on any atom is 0.231 e. The predicted molar refractivity (Wildman–Crippen MR) is 142 cm³/mol. The molecule has 2 aliphatic heterocycles. The Kier molecular flexibility index (Phi) is 6.72. The van der Waals surface area contributed by atoms with Gasteiger partial charge in [0.15, 0.2) is 0 Å². The van der Waals surface area contributed by atoms with E-state index in [0.29, 0.717) is 18.5 Å². The molecule has 0 spiro atoms. The van der Waals surface area contributed by atoms with Crippen molar-refractivity contribution >= 4 is 23.5 Å². The Morgan fingerprint density at radius 1 is 0.838 bits per heavy atom. The van der Waals surface area contributed by atoms with Crippen LogP contribution in [0.3, 0.4) is 0 Å². The van der Waals surface area contributed by atoms with E-state index in [0.717, 1.165) is 74.2 Å². The first-order chi connectivity index (χ1) is 18.3. The number of ether oxygens (including phenoxy) is 1. The highest BCUT2D eigenvalue weighted by Crippen LogP contribution is 2.26. The zero-order valence-electron chi connectivity index (χ0n) is 20.5. The number of hydrogen-bond acceptors (Lipinski definition) is 10. The SMILES string of the molecule is c1ccc(Cc2cnc(N3CCN(c4ncnc(Nc5ccc6c(c5)CNCCO6)n4)CC3)nc2)cc1. The summed E-state index contributed by atoms with van der Waals surface area (Å²) >= 11 is 0. The van der Waals surface area contributed by atoms with Crippen molar-refractivity contribution < 1.29 is 4.74 Å².